The van der Waals surface area contributed by atoms with Crippen LogP contribution in [-0.2, 0) is 0 Å². The van der Waals surface area contributed by atoms with Crippen LogP contribution in [0.15, 0.2) is 54.9 Å². The minimum atomic E-state index is 1.05. The molecule has 0 aromatic heterocycles. The smallest absolute Gasteiger partial charge is 0.0702 e. The first-order valence-electron chi connectivity index (χ1n) is 5.25. The van der Waals surface area contributed by atoms with E-state index in [1.807, 2.05) is 42.8 Å². The molecule has 0 aliphatic carbocycles. The molecule has 3 rings (SSSR count). The van der Waals surface area contributed by atoms with Crippen LogP contribution in [0.25, 0.3) is 11.8 Å². The Kier molecular flexibility index (Phi) is 2.11. The Balaban J connectivity index is 2.01. The van der Waals surface area contributed by atoms with Crippen molar-refractivity contribution in [2.75, 3.05) is 0 Å². The third kappa shape index (κ3) is 1.54. The maximum atomic E-state index is 4.26. The van der Waals surface area contributed by atoms with Gasteiger partial charge in [0.2, 0.25) is 0 Å². The van der Waals surface area contributed by atoms with Crippen molar-refractivity contribution in [2.45, 2.75) is 0 Å². The first kappa shape index (κ1) is 9.04. The number of hydrogen-bond donors (Lipinski definition) is 1. The van der Waals surface area contributed by atoms with Gasteiger partial charge in [0.05, 0.1) is 5.69 Å². The first-order chi connectivity index (χ1) is 7.93. The molecule has 2 nitrogen and oxygen atoms in total. The van der Waals surface area contributed by atoms with Crippen LogP contribution in [0.3, 0.4) is 0 Å². The summed E-state index contributed by atoms with van der Waals surface area (Å²) in [7, 11) is 0. The van der Waals surface area contributed by atoms with Crippen LogP contribution in [0, 0.1) is 0 Å². The fourth-order valence-electron chi connectivity index (χ4n) is 1.81. The van der Waals surface area contributed by atoms with Gasteiger partial charge in [-0.05, 0) is 35.9 Å². The number of nitrogens with one attached hydrogen (secondary N) is 1. The van der Waals surface area contributed by atoms with Crippen LogP contribution in [-0.4, -0.2) is 0 Å². The Morgan fingerprint density at radius 2 is 2.06 bits per heavy atom. The van der Waals surface area contributed by atoms with Crippen molar-refractivity contribution in [3.8, 4) is 0 Å². The lowest BCUT2D eigenvalue weighted by Crippen LogP contribution is -2.02. The Bertz CT molecular complexity index is 534. The summed E-state index contributed by atoms with van der Waals surface area (Å²) < 4.78 is 0. The van der Waals surface area contributed by atoms with Gasteiger partial charge in [-0.1, -0.05) is 18.2 Å². The quantitative estimate of drug-likeness (QED) is 0.752. The minimum Gasteiger partial charge on any atom is -0.361 e. The number of benzene rings is 1. The second-order valence-corrected chi connectivity index (χ2v) is 3.69. The fourth-order valence-corrected chi connectivity index (χ4v) is 1.81. The summed E-state index contributed by atoms with van der Waals surface area (Å²) in [4.78, 5) is 0. The highest BCUT2D eigenvalue weighted by atomic mass is 14.9. The van der Waals surface area contributed by atoms with Crippen LogP contribution >= 0.6 is 0 Å². The molecule has 0 spiro atoms. The average Bonchev–Trinajstić information content (AvgIpc) is 2.61. The highest BCUT2D eigenvalue weighted by molar-refractivity contribution is 5.76. The van der Waals surface area contributed by atoms with Gasteiger partial charge < -0.3 is 5.32 Å². The van der Waals surface area contributed by atoms with Crippen molar-refractivity contribution >= 4 is 17.5 Å². The third-order valence-electron chi connectivity index (χ3n) is 2.63. The number of rotatable bonds is 1. The molecule has 0 fully saturated rings. The Morgan fingerprint density at radius 1 is 1.06 bits per heavy atom. The molecule has 1 N–H and O–H groups in total. The van der Waals surface area contributed by atoms with Gasteiger partial charge in [-0.2, -0.15) is 0 Å². The maximum absolute atomic E-state index is 4.26. The number of allylic oxidation sites excluding steroid dienone is 4. The molecule has 0 bridgehead atoms. The van der Waals surface area contributed by atoms with Crippen molar-refractivity contribution in [2.24, 2.45) is 0 Å². The topological polar surface area (TPSA) is 26.1 Å². The summed E-state index contributed by atoms with van der Waals surface area (Å²) in [5.74, 6) is 0. The molecule has 0 saturated heterocycles. The summed E-state index contributed by atoms with van der Waals surface area (Å²) in [6.45, 7) is 0. The monoisotopic (exact) mass is 207 g/mol. The normalized spacial score (nSPS) is 16.1. The van der Waals surface area contributed by atoms with Gasteiger partial charge in [-0.15, -0.1) is 0 Å². The standard InChI is InChI=1S/C14H11N2/c1-2-4-13(15-8-3-1)11-5-6-14-12(10-11)7-9-16-14/h1-10,15H. The van der Waals surface area contributed by atoms with Crippen molar-refractivity contribution in [1.82, 2.24) is 10.6 Å². The second kappa shape index (κ2) is 3.74. The average molecular weight is 207 g/mol. The molecule has 1 aromatic rings. The SMILES string of the molecule is C1=CC=C(c2ccc3c(c2)C=C[N]3)NC=C1. The lowest BCUT2D eigenvalue weighted by molar-refractivity contribution is 1.20. The summed E-state index contributed by atoms with van der Waals surface area (Å²) in [5.41, 5.74) is 4.51. The zero-order valence-electron chi connectivity index (χ0n) is 8.72. The molecule has 2 aliphatic rings. The van der Waals surface area contributed by atoms with Crippen LogP contribution in [0.4, 0.5) is 5.69 Å². The minimum absolute atomic E-state index is 1.05. The van der Waals surface area contributed by atoms with Gasteiger partial charge in [-0.3, -0.25) is 5.32 Å². The van der Waals surface area contributed by atoms with Gasteiger partial charge in [0.25, 0.3) is 0 Å². The largest absolute Gasteiger partial charge is 0.361 e. The third-order valence-corrected chi connectivity index (χ3v) is 2.63. The Labute approximate surface area is 94.7 Å². The van der Waals surface area contributed by atoms with E-state index in [9.17, 15) is 0 Å². The Morgan fingerprint density at radius 3 is 3.06 bits per heavy atom. The Hall–Kier alpha value is -2.22. The second-order valence-electron chi connectivity index (χ2n) is 3.69. The van der Waals surface area contributed by atoms with E-state index in [1.54, 1.807) is 0 Å². The lowest BCUT2D eigenvalue weighted by atomic mass is 10.1. The van der Waals surface area contributed by atoms with E-state index < -0.39 is 0 Å². The molecule has 0 amide bonds. The van der Waals surface area contributed by atoms with E-state index in [4.69, 9.17) is 0 Å². The molecule has 16 heavy (non-hydrogen) atoms. The van der Waals surface area contributed by atoms with Gasteiger partial charge in [0.1, 0.15) is 0 Å². The van der Waals surface area contributed by atoms with Crippen LogP contribution in [0.1, 0.15) is 11.1 Å². The zero-order valence-corrected chi connectivity index (χ0v) is 8.72. The predicted molar refractivity (Wildman–Crippen MR) is 66.7 cm³/mol. The highest BCUT2D eigenvalue weighted by Crippen LogP contribution is 2.26. The van der Waals surface area contributed by atoms with E-state index >= 15 is 0 Å². The van der Waals surface area contributed by atoms with Crippen molar-refractivity contribution in [1.29, 1.82) is 0 Å². The fraction of sp³-hybridized carbons (Fsp3) is 0. The van der Waals surface area contributed by atoms with E-state index in [-0.39, 0.29) is 0 Å². The first-order valence-corrected chi connectivity index (χ1v) is 5.25. The van der Waals surface area contributed by atoms with Gasteiger partial charge in [0, 0.05) is 23.7 Å². The summed E-state index contributed by atoms with van der Waals surface area (Å²) in [6.07, 6.45) is 13.9. The maximum Gasteiger partial charge on any atom is 0.0702 e. The molecule has 0 saturated carbocycles. The molecule has 1 aromatic carbocycles. The van der Waals surface area contributed by atoms with Crippen molar-refractivity contribution in [3.05, 3.63) is 66.0 Å². The molecular weight excluding hydrogens is 196 g/mol. The van der Waals surface area contributed by atoms with Gasteiger partial charge in [-0.25, -0.2) is 0 Å². The van der Waals surface area contributed by atoms with Crippen molar-refractivity contribution in [3.63, 3.8) is 0 Å². The molecule has 0 unspecified atom stereocenters. The summed E-state index contributed by atoms with van der Waals surface area (Å²) in [5, 5.41) is 7.51. The zero-order chi connectivity index (χ0) is 10.8. The van der Waals surface area contributed by atoms with Gasteiger partial charge in [0.15, 0.2) is 0 Å². The molecular formula is C14H11N2. The predicted octanol–water partition coefficient (Wildman–Crippen LogP) is 2.92. The molecule has 77 valence electrons. The number of nitrogens with zero attached hydrogens (tertiary/aromatic N) is 1. The van der Waals surface area contributed by atoms with Crippen molar-refractivity contribution < 1.29 is 0 Å². The number of hydrogen-bond acceptors (Lipinski definition) is 1. The van der Waals surface area contributed by atoms with Crippen LogP contribution in [0.5, 0.6) is 0 Å². The van der Waals surface area contributed by atoms with E-state index in [2.05, 4.69) is 28.8 Å². The number of fused-ring (bicyclic) bond motifs is 1. The molecule has 0 atom stereocenters. The molecule has 2 heterocycles. The molecule has 1 radical (unpaired) electrons. The molecule has 2 heteroatoms. The van der Waals surface area contributed by atoms with E-state index in [0.717, 1.165) is 11.4 Å². The van der Waals surface area contributed by atoms with Gasteiger partial charge >= 0.3 is 0 Å². The highest BCUT2D eigenvalue weighted by Gasteiger charge is 2.08. The van der Waals surface area contributed by atoms with E-state index in [1.165, 1.54) is 11.1 Å². The summed E-state index contributed by atoms with van der Waals surface area (Å²) in [6, 6.07) is 6.28. The van der Waals surface area contributed by atoms with Crippen LogP contribution in [0.2, 0.25) is 0 Å². The summed E-state index contributed by atoms with van der Waals surface area (Å²) >= 11 is 0. The molecule has 2 aliphatic heterocycles. The van der Waals surface area contributed by atoms with E-state index in [0.29, 0.717) is 0 Å². The van der Waals surface area contributed by atoms with Crippen LogP contribution < -0.4 is 10.6 Å². The lowest BCUT2D eigenvalue weighted by Gasteiger charge is -2.08.